The van der Waals surface area contributed by atoms with Crippen LogP contribution in [0, 0.1) is 13.8 Å². The van der Waals surface area contributed by atoms with E-state index in [1.165, 1.54) is 88.5 Å². The molecule has 0 aliphatic heterocycles. The number of benzene rings is 6. The minimum absolute atomic E-state index is 0.614. The molecule has 0 aliphatic carbocycles. The summed E-state index contributed by atoms with van der Waals surface area (Å²) in [6, 6.07) is 50.9. The molecule has 1 unspecified atom stereocenters. The molecule has 0 aliphatic rings. The molecule has 8 aromatic carbocycles. The Bertz CT molecular complexity index is 2300. The molecule has 0 saturated heterocycles. The molecule has 8 rings (SSSR count). The van der Waals surface area contributed by atoms with Crippen molar-refractivity contribution >= 4 is 69.6 Å². The summed E-state index contributed by atoms with van der Waals surface area (Å²) >= 11 is -0.826. The van der Waals surface area contributed by atoms with Crippen LogP contribution in [0.5, 0.6) is 0 Å². The molecule has 50 heavy (non-hydrogen) atoms. The average molecular weight is 787 g/mol. The first-order chi connectivity index (χ1) is 24.3. The second-order valence-electron chi connectivity index (χ2n) is 12.8. The van der Waals surface area contributed by atoms with Crippen molar-refractivity contribution in [1.82, 2.24) is 0 Å². The van der Waals surface area contributed by atoms with Gasteiger partial charge in [-0.3, -0.25) is 0 Å². The van der Waals surface area contributed by atoms with Gasteiger partial charge in [0.15, 0.2) is 0 Å². The van der Waals surface area contributed by atoms with Gasteiger partial charge in [-0.2, -0.15) is 12.1 Å². The first-order valence-electron chi connectivity index (χ1n) is 17.2. The summed E-state index contributed by atoms with van der Waals surface area (Å²) in [6.45, 7) is 13.2. The fourth-order valence-corrected chi connectivity index (χ4v) is 6.76. The van der Waals surface area contributed by atoms with Gasteiger partial charge >= 0.3 is 37.9 Å². The molecule has 4 heteroatoms. The quantitative estimate of drug-likeness (QED) is 0.123. The fourth-order valence-electron chi connectivity index (χ4n) is 6.76. The van der Waals surface area contributed by atoms with Crippen molar-refractivity contribution < 1.29 is 20.8 Å². The van der Waals surface area contributed by atoms with Crippen LogP contribution in [0.2, 0.25) is 13.1 Å². The molecule has 0 heterocycles. The van der Waals surface area contributed by atoms with E-state index in [0.29, 0.717) is 5.92 Å². The third kappa shape index (κ3) is 8.60. The Morgan fingerprint density at radius 2 is 1.08 bits per heavy atom. The fraction of sp³-hybridized carbons (Fsp3) is 0.174. The normalized spacial score (nSPS) is 11.2. The minimum atomic E-state index is -0.826. The maximum absolute atomic E-state index is 4.93. The Balaban J connectivity index is 0.000000169. The first kappa shape index (κ1) is 38.0. The van der Waals surface area contributed by atoms with Crippen LogP contribution in [0.3, 0.4) is 0 Å². The maximum atomic E-state index is 4.93. The molecule has 0 nitrogen and oxygen atoms in total. The summed E-state index contributed by atoms with van der Waals surface area (Å²) in [7, 11) is 11.0. The van der Waals surface area contributed by atoms with Crippen molar-refractivity contribution in [2.24, 2.45) is 0 Å². The van der Waals surface area contributed by atoms with Crippen LogP contribution in [0.25, 0.3) is 65.3 Å². The van der Waals surface area contributed by atoms with Crippen molar-refractivity contribution in [3.63, 3.8) is 0 Å². The van der Waals surface area contributed by atoms with Gasteiger partial charge in [0.25, 0.3) is 0 Å². The zero-order valence-corrected chi connectivity index (χ0v) is 34.8. The Morgan fingerprint density at radius 3 is 1.64 bits per heavy atom. The molecule has 0 N–H and O–H groups in total. The van der Waals surface area contributed by atoms with Crippen molar-refractivity contribution in [2.75, 3.05) is 0 Å². The van der Waals surface area contributed by atoms with E-state index in [1.54, 1.807) is 0 Å². The molecule has 0 aromatic heterocycles. The standard InChI is InChI=1S/C23H21.C21H17.C2H6Si.2ClH.Zr/c1-3-16(2)19-14-18-10-7-13-22(23(18)15-19)21-12-6-9-17-8-4-5-11-20(17)21;1-14-12-20-15(2)10-11-19(21(20)13-14)18-9-5-7-16-6-3-4-8-17(16)18;1-3-2;;;/h4-16H,3H2,1-2H3;3-13H,1-2H3;1-2H3;2*1H;/q2*-1;;;;+4/p-2. The van der Waals surface area contributed by atoms with E-state index >= 15 is 0 Å². The molecule has 0 saturated carbocycles. The van der Waals surface area contributed by atoms with Crippen LogP contribution in [-0.4, -0.2) is 9.52 Å². The first-order valence-corrected chi connectivity index (χ1v) is 25.5. The topological polar surface area (TPSA) is 0 Å². The summed E-state index contributed by atoms with van der Waals surface area (Å²) in [6.07, 6.45) is 1.18. The van der Waals surface area contributed by atoms with Gasteiger partial charge in [0.2, 0.25) is 0 Å². The summed E-state index contributed by atoms with van der Waals surface area (Å²) in [5.41, 5.74) is 9.46. The summed E-state index contributed by atoms with van der Waals surface area (Å²) in [4.78, 5) is 0. The van der Waals surface area contributed by atoms with Gasteiger partial charge in [0.05, 0.1) is 0 Å². The second kappa shape index (κ2) is 18.3. The molecular formula is C46H44Cl2SiZr. The van der Waals surface area contributed by atoms with Crippen LogP contribution in [0.15, 0.2) is 140 Å². The average Bonchev–Trinajstić information content (AvgIpc) is 3.76. The van der Waals surface area contributed by atoms with Crippen molar-refractivity contribution in [3.8, 4) is 22.3 Å². The Kier molecular flexibility index (Phi) is 13.9. The molecular weight excluding hydrogens is 743 g/mol. The van der Waals surface area contributed by atoms with Crippen LogP contribution in [-0.2, 0) is 20.8 Å². The van der Waals surface area contributed by atoms with Crippen LogP contribution in [0.1, 0.15) is 42.9 Å². The zero-order chi connectivity index (χ0) is 35.6. The molecule has 2 radical (unpaired) electrons. The van der Waals surface area contributed by atoms with Gasteiger partial charge < -0.3 is 0 Å². The third-order valence-electron chi connectivity index (χ3n) is 9.36. The van der Waals surface area contributed by atoms with E-state index in [-0.39, 0.29) is 0 Å². The molecule has 8 aromatic rings. The van der Waals surface area contributed by atoms with Crippen molar-refractivity contribution in [2.45, 2.75) is 53.1 Å². The van der Waals surface area contributed by atoms with E-state index in [2.05, 4.69) is 180 Å². The number of hydrogen-bond donors (Lipinski definition) is 0. The van der Waals surface area contributed by atoms with Gasteiger partial charge in [-0.15, -0.1) is 68.6 Å². The van der Waals surface area contributed by atoms with Gasteiger partial charge in [-0.25, -0.2) is 0 Å². The van der Waals surface area contributed by atoms with Crippen molar-refractivity contribution in [3.05, 3.63) is 156 Å². The molecule has 0 bridgehead atoms. The number of rotatable bonds is 4. The Labute approximate surface area is 319 Å². The molecule has 0 spiro atoms. The van der Waals surface area contributed by atoms with E-state index in [1.807, 2.05) is 0 Å². The van der Waals surface area contributed by atoms with Crippen molar-refractivity contribution in [1.29, 1.82) is 0 Å². The van der Waals surface area contributed by atoms with Gasteiger partial charge in [-0.05, 0) is 38.6 Å². The monoisotopic (exact) mass is 784 g/mol. The van der Waals surface area contributed by atoms with Gasteiger partial charge in [0.1, 0.15) is 0 Å². The van der Waals surface area contributed by atoms with Crippen LogP contribution in [0.4, 0.5) is 0 Å². The number of hydrogen-bond acceptors (Lipinski definition) is 0. The second-order valence-corrected chi connectivity index (χ2v) is 17.6. The third-order valence-corrected chi connectivity index (χ3v) is 9.36. The molecule has 0 amide bonds. The SMILES string of the molecule is CCC(C)c1cc2c(-c3cccc4ccccc34)cccc2[cH-]1.C[Si]C.Cc1cc2c(-c3cccc4ccccc34)ccc(C)c2[cH-]1.[Cl][Zr+2][Cl]. The predicted octanol–water partition coefficient (Wildman–Crippen LogP) is 15.1. The Hall–Kier alpha value is -3.26. The molecule has 250 valence electrons. The van der Waals surface area contributed by atoms with Gasteiger partial charge in [0, 0.05) is 9.52 Å². The number of halogens is 2. The van der Waals surface area contributed by atoms with E-state index in [0.717, 1.165) is 9.52 Å². The summed E-state index contributed by atoms with van der Waals surface area (Å²) in [5, 5.41) is 10.7. The zero-order valence-electron chi connectivity index (χ0n) is 29.8. The summed E-state index contributed by atoms with van der Waals surface area (Å²) in [5.74, 6) is 0.614. The Morgan fingerprint density at radius 1 is 0.600 bits per heavy atom. The van der Waals surface area contributed by atoms with E-state index in [4.69, 9.17) is 17.0 Å². The van der Waals surface area contributed by atoms with Crippen LogP contribution < -0.4 is 0 Å². The van der Waals surface area contributed by atoms with E-state index in [9.17, 15) is 0 Å². The summed E-state index contributed by atoms with van der Waals surface area (Å²) < 4.78 is 0. The van der Waals surface area contributed by atoms with E-state index < -0.39 is 20.8 Å². The number of aryl methyl sites for hydroxylation is 2. The van der Waals surface area contributed by atoms with Gasteiger partial charge in [-0.1, -0.05) is 155 Å². The predicted molar refractivity (Wildman–Crippen MR) is 222 cm³/mol. The molecule has 0 fully saturated rings. The number of fused-ring (bicyclic) bond motifs is 4. The van der Waals surface area contributed by atoms with Crippen LogP contribution >= 0.6 is 17.0 Å². The molecule has 1 atom stereocenters.